The number of ether oxygens (including phenoxy) is 1. The van der Waals surface area contributed by atoms with Gasteiger partial charge in [0.05, 0.1) is 5.57 Å². The lowest BCUT2D eigenvalue weighted by molar-refractivity contribution is -0.110. The highest BCUT2D eigenvalue weighted by molar-refractivity contribution is 6.35. The van der Waals surface area contributed by atoms with Gasteiger partial charge in [0.25, 0.3) is 5.91 Å². The molecule has 2 N–H and O–H groups in total. The van der Waals surface area contributed by atoms with Gasteiger partial charge in [-0.3, -0.25) is 9.69 Å². The number of carbonyl (C=O) groups excluding carboxylic acids is 1. The van der Waals surface area contributed by atoms with Crippen LogP contribution in [0.2, 0.25) is 0 Å². The third-order valence-corrected chi connectivity index (χ3v) is 6.70. The Bertz CT molecular complexity index is 1380. The fourth-order valence-corrected chi connectivity index (χ4v) is 4.90. The van der Waals surface area contributed by atoms with Crippen molar-refractivity contribution in [3.8, 4) is 16.9 Å². The molecule has 2 aliphatic heterocycles. The first-order valence-corrected chi connectivity index (χ1v) is 11.9. The van der Waals surface area contributed by atoms with Crippen molar-refractivity contribution < 1.29 is 9.53 Å². The molecule has 3 aromatic carbocycles. The Labute approximate surface area is 199 Å². The van der Waals surface area contributed by atoms with Crippen LogP contribution in [-0.2, 0) is 4.79 Å². The lowest BCUT2D eigenvalue weighted by atomic mass is 10.00. The van der Waals surface area contributed by atoms with Crippen molar-refractivity contribution in [1.29, 1.82) is 0 Å². The number of carbonyl (C=O) groups is 1. The van der Waals surface area contributed by atoms with Gasteiger partial charge in [-0.2, -0.15) is 0 Å². The molecule has 0 radical (unpaired) electrons. The Morgan fingerprint density at radius 1 is 0.912 bits per heavy atom. The fraction of sp³-hybridized carbons (Fsp3) is 0.207. The summed E-state index contributed by atoms with van der Waals surface area (Å²) in [4.78, 5) is 18.6. The molecule has 5 nitrogen and oxygen atoms in total. The van der Waals surface area contributed by atoms with E-state index >= 15 is 0 Å². The van der Waals surface area contributed by atoms with Gasteiger partial charge < -0.3 is 15.0 Å². The molecule has 1 fully saturated rings. The van der Waals surface area contributed by atoms with Crippen molar-refractivity contribution in [1.82, 2.24) is 9.88 Å². The maximum atomic E-state index is 12.8. The van der Waals surface area contributed by atoms with Crippen molar-refractivity contribution in [3.05, 3.63) is 84.1 Å². The summed E-state index contributed by atoms with van der Waals surface area (Å²) in [6, 6.07) is 24.5. The number of hydrogen-bond acceptors (Lipinski definition) is 3. The third kappa shape index (κ3) is 4.11. The van der Waals surface area contributed by atoms with Crippen LogP contribution in [-0.4, -0.2) is 42.0 Å². The van der Waals surface area contributed by atoms with E-state index in [9.17, 15) is 4.79 Å². The summed E-state index contributed by atoms with van der Waals surface area (Å²) in [5, 5.41) is 4.09. The molecular weight excluding hydrogens is 422 g/mol. The average Bonchev–Trinajstić information content (AvgIpc) is 3.59. The van der Waals surface area contributed by atoms with Crippen LogP contribution in [0.3, 0.4) is 0 Å². The predicted molar refractivity (Wildman–Crippen MR) is 138 cm³/mol. The number of hydrogen-bond donors (Lipinski definition) is 2. The minimum absolute atomic E-state index is 0.0789. The molecule has 4 aromatic rings. The van der Waals surface area contributed by atoms with Gasteiger partial charge in [0.1, 0.15) is 12.4 Å². The average molecular weight is 450 g/mol. The van der Waals surface area contributed by atoms with Crippen LogP contribution in [0.25, 0.3) is 33.7 Å². The molecular formula is C29H27N3O2. The quantitative estimate of drug-likeness (QED) is 0.366. The molecule has 0 spiro atoms. The summed E-state index contributed by atoms with van der Waals surface area (Å²) in [5.74, 6) is 0.798. The number of fused-ring (bicyclic) bond motifs is 2. The minimum atomic E-state index is -0.0789. The van der Waals surface area contributed by atoms with E-state index in [1.54, 1.807) is 0 Å². The van der Waals surface area contributed by atoms with Crippen LogP contribution in [0.1, 0.15) is 24.1 Å². The molecule has 170 valence electrons. The Balaban J connectivity index is 1.22. The summed E-state index contributed by atoms with van der Waals surface area (Å²) in [7, 11) is 0. The Kier molecular flexibility index (Phi) is 5.40. The van der Waals surface area contributed by atoms with E-state index in [0.29, 0.717) is 12.2 Å². The number of aromatic amines is 1. The van der Waals surface area contributed by atoms with Crippen molar-refractivity contribution in [2.24, 2.45) is 0 Å². The van der Waals surface area contributed by atoms with E-state index in [2.05, 4.69) is 45.5 Å². The first-order valence-electron chi connectivity index (χ1n) is 11.9. The van der Waals surface area contributed by atoms with Gasteiger partial charge in [0.2, 0.25) is 0 Å². The van der Waals surface area contributed by atoms with Crippen LogP contribution in [0, 0.1) is 0 Å². The van der Waals surface area contributed by atoms with Gasteiger partial charge in [-0.15, -0.1) is 0 Å². The summed E-state index contributed by atoms with van der Waals surface area (Å²) in [5.41, 5.74) is 6.58. The van der Waals surface area contributed by atoms with Crippen molar-refractivity contribution in [2.45, 2.75) is 12.8 Å². The molecule has 2 aliphatic rings. The number of nitrogens with zero attached hydrogens (tertiary/aromatic N) is 1. The first-order chi connectivity index (χ1) is 16.7. The van der Waals surface area contributed by atoms with E-state index in [-0.39, 0.29) is 5.91 Å². The number of anilines is 1. The number of aromatic nitrogens is 1. The number of likely N-dealkylation sites (tertiary alicyclic amines) is 1. The zero-order chi connectivity index (χ0) is 22.9. The topological polar surface area (TPSA) is 57.4 Å². The summed E-state index contributed by atoms with van der Waals surface area (Å²) in [6.45, 7) is 4.04. The number of H-pyrrole nitrogens is 1. The second-order valence-corrected chi connectivity index (χ2v) is 9.01. The van der Waals surface area contributed by atoms with Gasteiger partial charge in [-0.25, -0.2) is 0 Å². The molecule has 3 heterocycles. The van der Waals surface area contributed by atoms with E-state index < -0.39 is 0 Å². The van der Waals surface area contributed by atoms with Crippen LogP contribution in [0.4, 0.5) is 5.69 Å². The number of benzene rings is 3. The number of nitrogens with one attached hydrogen (secondary N) is 2. The first kappa shape index (κ1) is 20.8. The van der Waals surface area contributed by atoms with Crippen LogP contribution >= 0.6 is 0 Å². The molecule has 0 saturated carbocycles. The molecule has 1 amide bonds. The lowest BCUT2D eigenvalue weighted by Gasteiger charge is -2.14. The Morgan fingerprint density at radius 2 is 1.76 bits per heavy atom. The molecule has 0 bridgehead atoms. The summed E-state index contributed by atoms with van der Waals surface area (Å²) < 4.78 is 5.99. The molecule has 34 heavy (non-hydrogen) atoms. The smallest absolute Gasteiger partial charge is 0.256 e. The summed E-state index contributed by atoms with van der Waals surface area (Å²) >= 11 is 0. The van der Waals surface area contributed by atoms with Crippen LogP contribution < -0.4 is 10.1 Å². The van der Waals surface area contributed by atoms with Crippen LogP contribution in [0.5, 0.6) is 5.75 Å². The monoisotopic (exact) mass is 449 g/mol. The molecule has 0 aliphatic carbocycles. The third-order valence-electron chi connectivity index (χ3n) is 6.70. The number of rotatable bonds is 6. The van der Waals surface area contributed by atoms with E-state index in [1.807, 2.05) is 48.5 Å². The SMILES string of the molecule is O=C1Nc2cc(-c3ccccc3)ccc2/C1=C/c1cc2cc(OCCN3CCCC3)ccc2[nH]1. The lowest BCUT2D eigenvalue weighted by Crippen LogP contribution is -2.25. The predicted octanol–water partition coefficient (Wildman–Crippen LogP) is 5.80. The van der Waals surface area contributed by atoms with Gasteiger partial charge in [0.15, 0.2) is 0 Å². The molecule has 1 saturated heterocycles. The normalized spacial score (nSPS) is 16.8. The highest BCUT2D eigenvalue weighted by atomic mass is 16.5. The van der Waals surface area contributed by atoms with Gasteiger partial charge in [0, 0.05) is 34.4 Å². The number of amides is 1. The zero-order valence-electron chi connectivity index (χ0n) is 19.0. The van der Waals surface area contributed by atoms with Gasteiger partial charge in [-0.1, -0.05) is 42.5 Å². The van der Waals surface area contributed by atoms with Gasteiger partial charge >= 0.3 is 0 Å². The van der Waals surface area contributed by atoms with Crippen molar-refractivity contribution in [3.63, 3.8) is 0 Å². The van der Waals surface area contributed by atoms with E-state index in [1.165, 1.54) is 25.9 Å². The van der Waals surface area contributed by atoms with Crippen molar-refractivity contribution in [2.75, 3.05) is 31.6 Å². The molecule has 0 unspecified atom stereocenters. The maximum absolute atomic E-state index is 12.8. The largest absolute Gasteiger partial charge is 0.492 e. The molecule has 1 aromatic heterocycles. The Hall–Kier alpha value is -3.83. The minimum Gasteiger partial charge on any atom is -0.492 e. The highest BCUT2D eigenvalue weighted by Crippen LogP contribution is 2.36. The fourth-order valence-electron chi connectivity index (χ4n) is 4.90. The second kappa shape index (κ2) is 8.84. The van der Waals surface area contributed by atoms with E-state index in [4.69, 9.17) is 4.74 Å². The molecule has 0 atom stereocenters. The Morgan fingerprint density at radius 3 is 2.62 bits per heavy atom. The second-order valence-electron chi connectivity index (χ2n) is 9.01. The molecule has 5 heteroatoms. The molecule has 6 rings (SSSR count). The van der Waals surface area contributed by atoms with Crippen molar-refractivity contribution >= 4 is 34.1 Å². The van der Waals surface area contributed by atoms with Gasteiger partial charge in [-0.05, 0) is 73.5 Å². The maximum Gasteiger partial charge on any atom is 0.256 e. The van der Waals surface area contributed by atoms with E-state index in [0.717, 1.165) is 51.3 Å². The summed E-state index contributed by atoms with van der Waals surface area (Å²) in [6.07, 6.45) is 4.52. The highest BCUT2D eigenvalue weighted by Gasteiger charge is 2.24. The zero-order valence-corrected chi connectivity index (χ0v) is 19.0. The standard InChI is InChI=1S/C29H27N3O2/c33-29-26(25-10-8-21(18-28(25)31-29)20-6-2-1-3-7-20)19-23-16-22-17-24(9-11-27(22)30-23)34-15-14-32-12-4-5-13-32/h1-3,6-11,16-19,30H,4-5,12-15H2,(H,31,33)/b26-19-. The van der Waals surface area contributed by atoms with Crippen LogP contribution in [0.15, 0.2) is 72.8 Å².